The summed E-state index contributed by atoms with van der Waals surface area (Å²) in [6.07, 6.45) is 3.05. The van der Waals surface area contributed by atoms with Crippen molar-refractivity contribution in [1.29, 1.82) is 0 Å². The fourth-order valence-electron chi connectivity index (χ4n) is 3.78. The van der Waals surface area contributed by atoms with Gasteiger partial charge >= 0.3 is 5.97 Å². The van der Waals surface area contributed by atoms with Crippen LogP contribution in [0, 0.1) is 5.82 Å². The summed E-state index contributed by atoms with van der Waals surface area (Å²) >= 11 is 0. The number of fused-ring (bicyclic) bond motifs is 1. The van der Waals surface area contributed by atoms with E-state index >= 15 is 0 Å². The molecule has 0 spiro atoms. The number of hydrogen-bond acceptors (Lipinski definition) is 5. The van der Waals surface area contributed by atoms with E-state index in [-0.39, 0.29) is 25.0 Å². The van der Waals surface area contributed by atoms with E-state index in [1.54, 1.807) is 30.3 Å². The van der Waals surface area contributed by atoms with Crippen LogP contribution < -0.4 is 9.47 Å². The van der Waals surface area contributed by atoms with E-state index in [1.165, 1.54) is 12.1 Å². The van der Waals surface area contributed by atoms with Gasteiger partial charge in [-0.25, -0.2) is 4.39 Å². The average Bonchev–Trinajstić information content (AvgIpc) is 3.35. The summed E-state index contributed by atoms with van der Waals surface area (Å²) in [4.78, 5) is 25.3. The number of ether oxygens (including phenoxy) is 3. The zero-order valence-corrected chi connectivity index (χ0v) is 14.7. The first-order chi connectivity index (χ1) is 13.1. The van der Waals surface area contributed by atoms with Gasteiger partial charge in [0.2, 0.25) is 6.79 Å². The molecule has 0 unspecified atom stereocenters. The summed E-state index contributed by atoms with van der Waals surface area (Å²) in [6.45, 7) is -0.219. The van der Waals surface area contributed by atoms with Crippen molar-refractivity contribution < 1.29 is 28.2 Å². The van der Waals surface area contributed by atoms with E-state index in [1.807, 2.05) is 0 Å². The average molecular weight is 370 g/mol. The molecule has 6 heteroatoms. The minimum atomic E-state index is -0.803. The number of hydrogen-bond donors (Lipinski definition) is 0. The summed E-state index contributed by atoms with van der Waals surface area (Å²) in [5, 5.41) is 0. The van der Waals surface area contributed by atoms with Crippen molar-refractivity contribution >= 4 is 11.8 Å². The molecule has 1 heterocycles. The lowest BCUT2D eigenvalue weighted by Gasteiger charge is -2.27. The third-order valence-electron chi connectivity index (χ3n) is 5.27. The van der Waals surface area contributed by atoms with Crippen LogP contribution in [0.2, 0.25) is 0 Å². The number of Topliss-reactive ketones (excluding diaryl/α,β-unsaturated/α-hetero) is 1. The zero-order chi connectivity index (χ0) is 18.9. The Hall–Kier alpha value is -2.89. The minimum Gasteiger partial charge on any atom is -0.457 e. The molecule has 0 amide bonds. The van der Waals surface area contributed by atoms with Gasteiger partial charge in [0, 0.05) is 5.56 Å². The minimum absolute atomic E-state index is 0.127. The zero-order valence-electron chi connectivity index (χ0n) is 14.7. The molecule has 1 aliphatic carbocycles. The van der Waals surface area contributed by atoms with Gasteiger partial charge in [0.15, 0.2) is 23.9 Å². The van der Waals surface area contributed by atoms with Gasteiger partial charge in [0.1, 0.15) is 5.82 Å². The fourth-order valence-corrected chi connectivity index (χ4v) is 3.78. The number of rotatable bonds is 5. The van der Waals surface area contributed by atoms with Crippen molar-refractivity contribution in [2.75, 3.05) is 13.4 Å². The second-order valence-corrected chi connectivity index (χ2v) is 6.86. The van der Waals surface area contributed by atoms with Crippen LogP contribution in [-0.2, 0) is 14.9 Å². The molecule has 4 rings (SSSR count). The SMILES string of the molecule is O=C(COC(=O)C1(c2ccc(F)cc2)CCCC1)c1ccc2c(c1)OCO2. The fraction of sp³-hybridized carbons (Fsp3) is 0.333. The first-order valence-electron chi connectivity index (χ1n) is 8.95. The van der Waals surface area contributed by atoms with Crippen molar-refractivity contribution in [3.8, 4) is 11.5 Å². The van der Waals surface area contributed by atoms with E-state index in [2.05, 4.69) is 0 Å². The maximum absolute atomic E-state index is 13.3. The van der Waals surface area contributed by atoms with E-state index in [9.17, 15) is 14.0 Å². The van der Waals surface area contributed by atoms with Crippen LogP contribution >= 0.6 is 0 Å². The smallest absolute Gasteiger partial charge is 0.317 e. The number of carbonyl (C=O) groups is 2. The summed E-state index contributed by atoms with van der Waals surface area (Å²) in [5.41, 5.74) is 0.333. The molecule has 0 atom stereocenters. The van der Waals surface area contributed by atoms with Crippen LogP contribution in [0.5, 0.6) is 11.5 Å². The largest absolute Gasteiger partial charge is 0.457 e. The topological polar surface area (TPSA) is 61.8 Å². The van der Waals surface area contributed by atoms with E-state index < -0.39 is 11.4 Å². The Balaban J connectivity index is 1.47. The predicted octanol–water partition coefficient (Wildman–Crippen LogP) is 3.79. The standard InChI is InChI=1S/C21H19FO5/c22-16-6-4-15(5-7-16)21(9-1-2-10-21)20(24)25-12-17(23)14-3-8-18-19(11-14)27-13-26-18/h3-8,11H,1-2,9-10,12-13H2. The lowest BCUT2D eigenvalue weighted by Crippen LogP contribution is -2.35. The maximum atomic E-state index is 13.3. The van der Waals surface area contributed by atoms with Gasteiger partial charge in [-0.1, -0.05) is 25.0 Å². The van der Waals surface area contributed by atoms with E-state index in [0.717, 1.165) is 18.4 Å². The van der Waals surface area contributed by atoms with E-state index in [4.69, 9.17) is 14.2 Å². The van der Waals surface area contributed by atoms with Crippen LogP contribution in [0.15, 0.2) is 42.5 Å². The quantitative estimate of drug-likeness (QED) is 0.592. The maximum Gasteiger partial charge on any atom is 0.317 e. The molecular weight excluding hydrogens is 351 g/mol. The van der Waals surface area contributed by atoms with Crippen LogP contribution in [0.1, 0.15) is 41.6 Å². The van der Waals surface area contributed by atoms with E-state index in [0.29, 0.717) is 29.9 Å². The molecule has 2 aliphatic rings. The van der Waals surface area contributed by atoms with Gasteiger partial charge in [-0.2, -0.15) is 0 Å². The Morgan fingerprint density at radius 1 is 1.00 bits per heavy atom. The molecule has 1 aliphatic heterocycles. The van der Waals surface area contributed by atoms with Gasteiger partial charge in [-0.05, 0) is 48.7 Å². The van der Waals surface area contributed by atoms with Crippen LogP contribution in [0.25, 0.3) is 0 Å². The van der Waals surface area contributed by atoms with Crippen LogP contribution in [0.3, 0.4) is 0 Å². The van der Waals surface area contributed by atoms with Gasteiger partial charge in [-0.15, -0.1) is 0 Å². The molecule has 140 valence electrons. The number of ketones is 1. The Morgan fingerprint density at radius 3 is 2.44 bits per heavy atom. The van der Waals surface area contributed by atoms with Gasteiger partial charge < -0.3 is 14.2 Å². The van der Waals surface area contributed by atoms with Crippen LogP contribution in [0.4, 0.5) is 4.39 Å². The lowest BCUT2D eigenvalue weighted by molar-refractivity contribution is -0.149. The number of benzene rings is 2. The summed E-state index contributed by atoms with van der Waals surface area (Å²) < 4.78 is 29.1. The van der Waals surface area contributed by atoms with Gasteiger partial charge in [0.05, 0.1) is 5.41 Å². The van der Waals surface area contributed by atoms with Crippen molar-refractivity contribution in [3.05, 3.63) is 59.4 Å². The number of esters is 1. The van der Waals surface area contributed by atoms with Crippen molar-refractivity contribution in [2.45, 2.75) is 31.1 Å². The molecular formula is C21H19FO5. The monoisotopic (exact) mass is 370 g/mol. The summed E-state index contributed by atoms with van der Waals surface area (Å²) in [6, 6.07) is 10.8. The lowest BCUT2D eigenvalue weighted by atomic mass is 9.79. The molecule has 27 heavy (non-hydrogen) atoms. The summed E-state index contributed by atoms with van der Waals surface area (Å²) in [5.74, 6) is 0.00312. The molecule has 0 aromatic heterocycles. The molecule has 0 N–H and O–H groups in total. The summed E-state index contributed by atoms with van der Waals surface area (Å²) in [7, 11) is 0. The van der Waals surface area contributed by atoms with Gasteiger partial charge in [0.25, 0.3) is 0 Å². The molecule has 1 saturated carbocycles. The highest BCUT2D eigenvalue weighted by atomic mass is 19.1. The first-order valence-corrected chi connectivity index (χ1v) is 8.95. The highest BCUT2D eigenvalue weighted by Crippen LogP contribution is 2.42. The Labute approximate surface area is 156 Å². The number of halogens is 1. The first kappa shape index (κ1) is 17.5. The normalized spacial score (nSPS) is 16.9. The molecule has 2 aromatic rings. The Kier molecular flexibility index (Phi) is 4.56. The van der Waals surface area contributed by atoms with Crippen molar-refractivity contribution in [1.82, 2.24) is 0 Å². The van der Waals surface area contributed by atoms with Crippen molar-refractivity contribution in [2.24, 2.45) is 0 Å². The highest BCUT2D eigenvalue weighted by Gasteiger charge is 2.44. The van der Waals surface area contributed by atoms with Crippen molar-refractivity contribution in [3.63, 3.8) is 0 Å². The highest BCUT2D eigenvalue weighted by molar-refractivity contribution is 5.99. The Morgan fingerprint density at radius 2 is 1.70 bits per heavy atom. The number of carbonyl (C=O) groups excluding carboxylic acids is 2. The predicted molar refractivity (Wildman–Crippen MR) is 94.4 cm³/mol. The molecule has 0 radical (unpaired) electrons. The molecule has 5 nitrogen and oxygen atoms in total. The van der Waals surface area contributed by atoms with Crippen LogP contribution in [-0.4, -0.2) is 25.2 Å². The molecule has 2 aromatic carbocycles. The second kappa shape index (κ2) is 7.02. The Bertz CT molecular complexity index is 869. The molecule has 0 saturated heterocycles. The molecule has 0 bridgehead atoms. The third kappa shape index (κ3) is 3.27. The third-order valence-corrected chi connectivity index (χ3v) is 5.27. The van der Waals surface area contributed by atoms with Gasteiger partial charge in [-0.3, -0.25) is 9.59 Å². The second-order valence-electron chi connectivity index (χ2n) is 6.86. The molecule has 1 fully saturated rings.